The van der Waals surface area contributed by atoms with E-state index in [1.807, 2.05) is 0 Å². The third-order valence-electron chi connectivity index (χ3n) is 0. The van der Waals surface area contributed by atoms with Gasteiger partial charge in [0.25, 0.3) is 5.97 Å². The summed E-state index contributed by atoms with van der Waals surface area (Å²) in [7, 11) is 0. The van der Waals surface area contributed by atoms with Crippen molar-refractivity contribution in [2.75, 3.05) is 0 Å². The van der Waals surface area contributed by atoms with Gasteiger partial charge in [0.1, 0.15) is 0 Å². The second kappa shape index (κ2) is 10.3. The molecule has 0 amide bonds. The minimum absolute atomic E-state index is 0. The first-order chi connectivity index (χ1) is 1.73. The first-order valence-corrected chi connectivity index (χ1v) is 0.928. The molecule has 6 heavy (non-hydrogen) atoms. The van der Waals surface area contributed by atoms with Crippen molar-refractivity contribution in [2.45, 2.75) is 6.92 Å². The van der Waals surface area contributed by atoms with Crippen LogP contribution >= 0.6 is 0 Å². The van der Waals surface area contributed by atoms with Gasteiger partial charge in [-0.15, -0.1) is 0 Å². The molecule has 0 aliphatic heterocycles. The molecule has 0 spiro atoms. The van der Waals surface area contributed by atoms with Gasteiger partial charge in [-0.25, -0.2) is 0 Å². The molecule has 0 fully saturated rings. The molecular formula is C2H6NaO2Rb. The fourth-order valence-corrected chi connectivity index (χ4v) is 0. The van der Waals surface area contributed by atoms with Crippen molar-refractivity contribution in [2.24, 2.45) is 0 Å². The molecule has 0 saturated carbocycles. The van der Waals surface area contributed by atoms with Crippen LogP contribution in [0.5, 0.6) is 0 Å². The maximum atomic E-state index is 9.00. The Morgan fingerprint density at radius 2 is 1.83 bits per heavy atom. The van der Waals surface area contributed by atoms with Crippen molar-refractivity contribution in [3.05, 3.63) is 0 Å². The number of hydrogen-bond acceptors (Lipinski definition) is 1. The summed E-state index contributed by atoms with van der Waals surface area (Å²) < 4.78 is 0. The number of rotatable bonds is 0. The van der Waals surface area contributed by atoms with Crippen molar-refractivity contribution < 1.29 is 100 Å². The van der Waals surface area contributed by atoms with E-state index in [4.69, 9.17) is 9.90 Å². The number of carboxylic acid groups (broad SMARTS) is 1. The van der Waals surface area contributed by atoms with Crippen molar-refractivity contribution in [3.8, 4) is 0 Å². The minimum atomic E-state index is -0.833. The molecule has 0 radical (unpaired) electrons. The molecule has 0 heterocycles. The normalized spacial score (nSPS) is 4.17. The Balaban J connectivity index is -0.00000000750. The molecule has 2 nitrogen and oxygen atoms in total. The van der Waals surface area contributed by atoms with Gasteiger partial charge in [0, 0.05) is 6.92 Å². The van der Waals surface area contributed by atoms with Crippen molar-refractivity contribution in [1.29, 1.82) is 0 Å². The second-order valence-corrected chi connectivity index (χ2v) is 0.519. The van der Waals surface area contributed by atoms with Crippen LogP contribution in [-0.2, 0) is 4.79 Å². The molecule has 0 aromatic heterocycles. The summed E-state index contributed by atoms with van der Waals surface area (Å²) in [5, 5.41) is 7.42. The van der Waals surface area contributed by atoms with E-state index in [9.17, 15) is 0 Å². The zero-order chi connectivity index (χ0) is 3.58. The predicted molar refractivity (Wildman–Crippen MR) is 15.5 cm³/mol. The molecule has 4 heteroatoms. The van der Waals surface area contributed by atoms with Gasteiger partial charge in [0.2, 0.25) is 0 Å². The molecular weight excluding hydrogens is 164 g/mol. The molecule has 0 unspecified atom stereocenters. The maximum absolute atomic E-state index is 9.00. The van der Waals surface area contributed by atoms with E-state index in [-0.39, 0.29) is 90.6 Å². The summed E-state index contributed by atoms with van der Waals surface area (Å²) in [5.74, 6) is -0.833. The smallest absolute Gasteiger partial charge is 1.00 e. The van der Waals surface area contributed by atoms with Crippen LogP contribution in [0, 0.1) is 0 Å². The quantitative estimate of drug-likeness (QED) is 0.368. The first-order valence-electron chi connectivity index (χ1n) is 0.928. The van der Waals surface area contributed by atoms with Crippen LogP contribution in [0.15, 0.2) is 0 Å². The Bertz CT molecular complexity index is 41.0. The molecule has 1 N–H and O–H groups in total. The molecule has 0 atom stereocenters. The molecule has 0 saturated heterocycles. The Labute approximate surface area is 111 Å². The Morgan fingerprint density at radius 1 is 1.83 bits per heavy atom. The zero-order valence-electron chi connectivity index (χ0n) is 6.36. The maximum Gasteiger partial charge on any atom is 1.00 e. The predicted octanol–water partition coefficient (Wildman–Crippen LogP) is -5.68. The molecule has 0 bridgehead atoms. The average Bonchev–Trinajstić information content (AvgIpc) is 0.811. The summed E-state index contributed by atoms with van der Waals surface area (Å²) in [4.78, 5) is 9.00. The molecule has 0 aliphatic rings. The third kappa shape index (κ3) is 33.7. The van der Waals surface area contributed by atoms with Crippen LogP contribution in [-0.4, -0.2) is 11.1 Å². The number of hydrogen-bond donors (Lipinski definition) is 1. The number of carboxylic acids is 1. The monoisotopic (exact) mass is 170 g/mol. The first kappa shape index (κ1) is 15.7. The van der Waals surface area contributed by atoms with Crippen LogP contribution in [0.25, 0.3) is 0 Å². The summed E-state index contributed by atoms with van der Waals surface area (Å²) in [6, 6.07) is 0. The van der Waals surface area contributed by atoms with E-state index in [2.05, 4.69) is 0 Å². The molecule has 28 valence electrons. The Hall–Kier alpha value is 2.28. The van der Waals surface area contributed by atoms with E-state index in [0.717, 1.165) is 6.92 Å². The molecule has 0 aromatic rings. The summed E-state index contributed by atoms with van der Waals surface area (Å²) in [6.07, 6.45) is 0. The SMILES string of the molecule is CC(=O)O.[H-].[H-].[Na+].[Rb+]. The van der Waals surface area contributed by atoms with Crippen LogP contribution in [0.2, 0.25) is 0 Å². The molecule has 0 rings (SSSR count). The Morgan fingerprint density at radius 3 is 1.83 bits per heavy atom. The minimum Gasteiger partial charge on any atom is -1.00 e. The Kier molecular flexibility index (Phi) is 27.0. The van der Waals surface area contributed by atoms with Gasteiger partial charge in [-0.2, -0.15) is 0 Å². The summed E-state index contributed by atoms with van der Waals surface area (Å²) >= 11 is 0. The van der Waals surface area contributed by atoms with Crippen LogP contribution in [0.4, 0.5) is 0 Å². The van der Waals surface area contributed by atoms with Gasteiger partial charge in [-0.05, 0) is 0 Å². The van der Waals surface area contributed by atoms with E-state index in [1.54, 1.807) is 0 Å². The van der Waals surface area contributed by atoms with E-state index in [1.165, 1.54) is 0 Å². The van der Waals surface area contributed by atoms with Crippen LogP contribution < -0.4 is 87.7 Å². The average molecular weight is 171 g/mol. The fraction of sp³-hybridized carbons (Fsp3) is 0.500. The number of aliphatic carboxylic acids is 1. The topological polar surface area (TPSA) is 37.3 Å². The van der Waals surface area contributed by atoms with Gasteiger partial charge in [-0.3, -0.25) is 4.79 Å². The summed E-state index contributed by atoms with van der Waals surface area (Å²) in [5.41, 5.74) is 0. The third-order valence-corrected chi connectivity index (χ3v) is 0. The van der Waals surface area contributed by atoms with E-state index < -0.39 is 5.97 Å². The summed E-state index contributed by atoms with van der Waals surface area (Å²) in [6.45, 7) is 1.08. The second-order valence-electron chi connectivity index (χ2n) is 0.519. The van der Waals surface area contributed by atoms with Gasteiger partial charge in [0.05, 0.1) is 0 Å². The largest absolute Gasteiger partial charge is 1.00 e. The van der Waals surface area contributed by atoms with Gasteiger partial charge >= 0.3 is 87.7 Å². The fourth-order valence-electron chi connectivity index (χ4n) is 0. The van der Waals surface area contributed by atoms with E-state index in [0.29, 0.717) is 0 Å². The molecule has 0 aromatic carbocycles. The van der Waals surface area contributed by atoms with Crippen LogP contribution in [0.3, 0.4) is 0 Å². The van der Waals surface area contributed by atoms with Crippen molar-refractivity contribution in [3.63, 3.8) is 0 Å². The van der Waals surface area contributed by atoms with E-state index >= 15 is 0 Å². The van der Waals surface area contributed by atoms with Crippen molar-refractivity contribution in [1.82, 2.24) is 0 Å². The zero-order valence-corrected chi connectivity index (χ0v) is 11.3. The molecule has 0 aliphatic carbocycles. The number of carbonyl (C=O) groups is 1. The van der Waals surface area contributed by atoms with Gasteiger partial charge in [0.15, 0.2) is 0 Å². The standard InChI is InChI=1S/C2H4O2.Na.Rb.2H/c1-2(3)4;;;;/h1H3,(H,3,4);;;;/q;2*+1;2*-1. The van der Waals surface area contributed by atoms with Crippen LogP contribution in [0.1, 0.15) is 9.78 Å². The van der Waals surface area contributed by atoms with Gasteiger partial charge < -0.3 is 7.96 Å². The van der Waals surface area contributed by atoms with Crippen molar-refractivity contribution >= 4 is 5.97 Å². The van der Waals surface area contributed by atoms with Gasteiger partial charge in [-0.1, -0.05) is 0 Å².